The zero-order valence-electron chi connectivity index (χ0n) is 9.49. The zero-order chi connectivity index (χ0) is 12.5. The van der Waals surface area contributed by atoms with Crippen molar-refractivity contribution in [1.82, 2.24) is 15.5 Å². The van der Waals surface area contributed by atoms with Crippen LogP contribution >= 0.6 is 34.5 Å². The van der Waals surface area contributed by atoms with Crippen molar-refractivity contribution in [3.8, 4) is 10.6 Å². The molecule has 0 atom stereocenters. The molecule has 0 bridgehead atoms. The van der Waals surface area contributed by atoms with E-state index in [1.165, 1.54) is 24.2 Å². The first-order valence-electron chi connectivity index (χ1n) is 5.74. The Bertz CT molecular complexity index is 546. The third-order valence-corrected chi connectivity index (χ3v) is 4.33. The molecule has 1 heterocycles. The summed E-state index contributed by atoms with van der Waals surface area (Å²) >= 11 is 13.8. The van der Waals surface area contributed by atoms with Gasteiger partial charge in [-0.25, -0.2) is 0 Å². The average molecular weight is 300 g/mol. The van der Waals surface area contributed by atoms with Gasteiger partial charge >= 0.3 is 0 Å². The van der Waals surface area contributed by atoms with Crippen LogP contribution in [0.3, 0.4) is 0 Å². The summed E-state index contributed by atoms with van der Waals surface area (Å²) in [5.41, 5.74) is 0.774. The van der Waals surface area contributed by atoms with Crippen molar-refractivity contribution in [2.75, 3.05) is 0 Å². The molecule has 6 heteroatoms. The SMILES string of the molecule is Clc1cccc(Cl)c1-c1nnc(CNC2CC2)s1. The molecular formula is C12H11Cl2N3S. The predicted molar refractivity (Wildman–Crippen MR) is 75.2 cm³/mol. The summed E-state index contributed by atoms with van der Waals surface area (Å²) in [7, 11) is 0. The number of aromatic nitrogens is 2. The Balaban J connectivity index is 1.83. The van der Waals surface area contributed by atoms with Crippen LogP contribution in [0.15, 0.2) is 18.2 Å². The van der Waals surface area contributed by atoms with Crippen molar-refractivity contribution >= 4 is 34.5 Å². The molecule has 0 unspecified atom stereocenters. The molecule has 1 aromatic carbocycles. The standard InChI is InChI=1S/C12H11Cl2N3S/c13-8-2-1-3-9(14)11(8)12-17-16-10(18-12)6-15-7-4-5-7/h1-3,7,15H,4-6H2. The highest BCUT2D eigenvalue weighted by Crippen LogP contribution is 2.36. The molecule has 3 nitrogen and oxygen atoms in total. The number of rotatable bonds is 4. The molecule has 1 aromatic heterocycles. The molecule has 0 aliphatic heterocycles. The predicted octanol–water partition coefficient (Wildman–Crippen LogP) is 3.76. The summed E-state index contributed by atoms with van der Waals surface area (Å²) in [5, 5.41) is 14.7. The highest BCUT2D eigenvalue weighted by Gasteiger charge is 2.21. The fourth-order valence-electron chi connectivity index (χ4n) is 1.65. The molecule has 3 rings (SSSR count). The van der Waals surface area contributed by atoms with E-state index < -0.39 is 0 Å². The van der Waals surface area contributed by atoms with Crippen LogP contribution in [-0.2, 0) is 6.54 Å². The monoisotopic (exact) mass is 299 g/mol. The van der Waals surface area contributed by atoms with Crippen molar-refractivity contribution in [2.24, 2.45) is 0 Å². The maximum absolute atomic E-state index is 6.15. The number of nitrogens with one attached hydrogen (secondary N) is 1. The van der Waals surface area contributed by atoms with Gasteiger partial charge in [0.1, 0.15) is 5.01 Å². The molecule has 0 amide bonds. The van der Waals surface area contributed by atoms with Gasteiger partial charge in [0.05, 0.1) is 10.0 Å². The van der Waals surface area contributed by atoms with E-state index in [9.17, 15) is 0 Å². The van der Waals surface area contributed by atoms with Gasteiger partial charge < -0.3 is 5.32 Å². The lowest BCUT2D eigenvalue weighted by Crippen LogP contribution is -2.14. The van der Waals surface area contributed by atoms with Crippen LogP contribution < -0.4 is 5.32 Å². The van der Waals surface area contributed by atoms with Crippen LogP contribution in [0.25, 0.3) is 10.6 Å². The van der Waals surface area contributed by atoms with Crippen LogP contribution in [0.4, 0.5) is 0 Å². The Morgan fingerprint density at radius 2 is 1.94 bits per heavy atom. The van der Waals surface area contributed by atoms with E-state index in [0.29, 0.717) is 16.1 Å². The van der Waals surface area contributed by atoms with Crippen molar-refractivity contribution in [3.63, 3.8) is 0 Å². The third-order valence-electron chi connectivity index (χ3n) is 2.76. The normalized spacial score (nSPS) is 15.0. The van der Waals surface area contributed by atoms with E-state index in [-0.39, 0.29) is 0 Å². The van der Waals surface area contributed by atoms with E-state index in [4.69, 9.17) is 23.2 Å². The molecule has 1 saturated carbocycles. The molecule has 1 aliphatic carbocycles. The Morgan fingerprint density at radius 1 is 1.22 bits per heavy atom. The first-order chi connectivity index (χ1) is 8.74. The molecule has 18 heavy (non-hydrogen) atoms. The number of nitrogens with zero attached hydrogens (tertiary/aromatic N) is 2. The molecular weight excluding hydrogens is 289 g/mol. The van der Waals surface area contributed by atoms with E-state index in [1.54, 1.807) is 0 Å². The summed E-state index contributed by atoms with van der Waals surface area (Å²) in [6, 6.07) is 6.12. The number of halogens is 2. The van der Waals surface area contributed by atoms with E-state index in [0.717, 1.165) is 22.1 Å². The van der Waals surface area contributed by atoms with Gasteiger partial charge in [0.15, 0.2) is 5.01 Å². The second kappa shape index (κ2) is 5.13. The highest BCUT2D eigenvalue weighted by atomic mass is 35.5. The fraction of sp³-hybridized carbons (Fsp3) is 0.333. The quantitative estimate of drug-likeness (QED) is 0.934. The Hall–Kier alpha value is -0.680. The first kappa shape index (κ1) is 12.4. The van der Waals surface area contributed by atoms with Gasteiger partial charge in [0.25, 0.3) is 0 Å². The lowest BCUT2D eigenvalue weighted by molar-refractivity contribution is 0.679. The van der Waals surface area contributed by atoms with Crippen molar-refractivity contribution in [1.29, 1.82) is 0 Å². The minimum absolute atomic E-state index is 0.611. The van der Waals surface area contributed by atoms with Gasteiger partial charge in [-0.2, -0.15) is 0 Å². The maximum atomic E-state index is 6.15. The maximum Gasteiger partial charge on any atom is 0.150 e. The Morgan fingerprint density at radius 3 is 2.61 bits per heavy atom. The topological polar surface area (TPSA) is 37.8 Å². The minimum Gasteiger partial charge on any atom is -0.308 e. The lowest BCUT2D eigenvalue weighted by atomic mass is 10.2. The van der Waals surface area contributed by atoms with Crippen molar-refractivity contribution < 1.29 is 0 Å². The van der Waals surface area contributed by atoms with E-state index in [2.05, 4.69) is 15.5 Å². The van der Waals surface area contributed by atoms with Gasteiger partial charge in [-0.3, -0.25) is 0 Å². The summed E-state index contributed by atoms with van der Waals surface area (Å²) in [6.45, 7) is 0.768. The summed E-state index contributed by atoms with van der Waals surface area (Å²) in [5.74, 6) is 0. The fourth-order valence-corrected chi connectivity index (χ4v) is 3.20. The lowest BCUT2D eigenvalue weighted by Gasteiger charge is -2.01. The Labute approximate surface area is 119 Å². The second-order valence-corrected chi connectivity index (χ2v) is 6.13. The van der Waals surface area contributed by atoms with Gasteiger partial charge in [-0.15, -0.1) is 10.2 Å². The van der Waals surface area contributed by atoms with Crippen LogP contribution in [0.5, 0.6) is 0 Å². The number of hydrogen-bond donors (Lipinski definition) is 1. The van der Waals surface area contributed by atoms with Gasteiger partial charge in [-0.1, -0.05) is 40.6 Å². The third kappa shape index (κ3) is 2.67. The van der Waals surface area contributed by atoms with Crippen LogP contribution in [0, 0.1) is 0 Å². The average Bonchev–Trinajstić information content (AvgIpc) is 3.06. The van der Waals surface area contributed by atoms with Crippen LogP contribution in [-0.4, -0.2) is 16.2 Å². The molecule has 0 spiro atoms. The number of hydrogen-bond acceptors (Lipinski definition) is 4. The summed E-state index contributed by atoms with van der Waals surface area (Å²) in [6.07, 6.45) is 2.53. The number of benzene rings is 1. The first-order valence-corrected chi connectivity index (χ1v) is 7.31. The molecule has 1 aliphatic rings. The molecule has 94 valence electrons. The van der Waals surface area contributed by atoms with E-state index in [1.807, 2.05) is 18.2 Å². The second-order valence-electron chi connectivity index (χ2n) is 4.25. The molecule has 1 fully saturated rings. The molecule has 0 saturated heterocycles. The minimum atomic E-state index is 0.611. The molecule has 2 aromatic rings. The zero-order valence-corrected chi connectivity index (χ0v) is 11.8. The van der Waals surface area contributed by atoms with Crippen LogP contribution in [0.2, 0.25) is 10.0 Å². The van der Waals surface area contributed by atoms with Gasteiger partial charge in [-0.05, 0) is 25.0 Å². The van der Waals surface area contributed by atoms with Crippen molar-refractivity contribution in [2.45, 2.75) is 25.4 Å². The van der Waals surface area contributed by atoms with Crippen LogP contribution in [0.1, 0.15) is 17.8 Å². The van der Waals surface area contributed by atoms with Gasteiger partial charge in [0, 0.05) is 18.2 Å². The summed E-state index contributed by atoms with van der Waals surface area (Å²) < 4.78 is 0. The van der Waals surface area contributed by atoms with Gasteiger partial charge in [0.2, 0.25) is 0 Å². The summed E-state index contributed by atoms with van der Waals surface area (Å²) in [4.78, 5) is 0. The molecule has 0 radical (unpaired) electrons. The molecule has 1 N–H and O–H groups in total. The smallest absolute Gasteiger partial charge is 0.150 e. The largest absolute Gasteiger partial charge is 0.308 e. The highest BCUT2D eigenvalue weighted by molar-refractivity contribution is 7.14. The van der Waals surface area contributed by atoms with E-state index >= 15 is 0 Å². The van der Waals surface area contributed by atoms with Crippen molar-refractivity contribution in [3.05, 3.63) is 33.3 Å². The Kier molecular flexibility index (Phi) is 3.52.